The maximum absolute atomic E-state index is 11.1. The highest BCUT2D eigenvalue weighted by Crippen LogP contribution is 2.07. The molecule has 0 radical (unpaired) electrons. The quantitative estimate of drug-likeness (QED) is 0.405. The van der Waals surface area contributed by atoms with Crippen molar-refractivity contribution < 1.29 is 34.3 Å². The SMILES string of the molecule is C[C@@H](COCCOC(=O)OC(C)(C)C)ON(O)O. The third kappa shape index (κ3) is 11.6. The number of ether oxygens (including phenoxy) is 3. The second-order valence-corrected chi connectivity index (χ2v) is 4.56. The second-order valence-electron chi connectivity index (χ2n) is 4.56. The fourth-order valence-electron chi connectivity index (χ4n) is 0.904. The highest BCUT2D eigenvalue weighted by atomic mass is 17.1. The van der Waals surface area contributed by atoms with Gasteiger partial charge in [0.2, 0.25) is 0 Å². The lowest BCUT2D eigenvalue weighted by atomic mass is 10.2. The molecule has 1 atom stereocenters. The van der Waals surface area contributed by atoms with Crippen LogP contribution in [0.5, 0.6) is 0 Å². The Kier molecular flexibility index (Phi) is 7.80. The molecule has 0 fully saturated rings. The Morgan fingerprint density at radius 1 is 1.28 bits per heavy atom. The Balaban J connectivity index is 3.48. The molecular weight excluding hydrogens is 246 g/mol. The first-order valence-electron chi connectivity index (χ1n) is 5.49. The number of hydrogen-bond acceptors (Lipinski definition) is 8. The fraction of sp³-hybridized carbons (Fsp3) is 0.900. The first-order valence-corrected chi connectivity index (χ1v) is 5.49. The average molecular weight is 267 g/mol. The number of nitrogens with zero attached hydrogens (tertiary/aromatic N) is 1. The van der Waals surface area contributed by atoms with Crippen LogP contribution in [0.25, 0.3) is 0 Å². The topological polar surface area (TPSA) is 97.7 Å². The highest BCUT2D eigenvalue weighted by Gasteiger charge is 2.17. The zero-order chi connectivity index (χ0) is 14.2. The van der Waals surface area contributed by atoms with E-state index in [0.29, 0.717) is 0 Å². The summed E-state index contributed by atoms with van der Waals surface area (Å²) in [5.41, 5.74) is -0.591. The van der Waals surface area contributed by atoms with Crippen LogP contribution in [-0.2, 0) is 19.0 Å². The van der Waals surface area contributed by atoms with Crippen LogP contribution in [-0.4, -0.2) is 53.5 Å². The summed E-state index contributed by atoms with van der Waals surface area (Å²) in [6.45, 7) is 7.11. The molecular formula is C10H21NO7. The van der Waals surface area contributed by atoms with E-state index in [0.717, 1.165) is 0 Å². The number of carbonyl (C=O) groups excluding carboxylic acids is 1. The third-order valence-corrected chi connectivity index (χ3v) is 1.46. The van der Waals surface area contributed by atoms with E-state index >= 15 is 0 Å². The van der Waals surface area contributed by atoms with E-state index in [1.54, 1.807) is 27.7 Å². The van der Waals surface area contributed by atoms with Gasteiger partial charge in [0.05, 0.1) is 18.6 Å². The van der Waals surface area contributed by atoms with E-state index in [9.17, 15) is 4.79 Å². The molecule has 0 aromatic heterocycles. The average Bonchev–Trinajstić information content (AvgIpc) is 2.12. The number of rotatable bonds is 7. The Labute approximate surface area is 106 Å². The molecule has 108 valence electrons. The normalized spacial score (nSPS) is 13.5. The lowest BCUT2D eigenvalue weighted by Crippen LogP contribution is -2.27. The predicted octanol–water partition coefficient (Wildman–Crippen LogP) is 1.36. The molecule has 0 bridgehead atoms. The first-order chi connectivity index (χ1) is 8.20. The molecule has 0 heterocycles. The summed E-state index contributed by atoms with van der Waals surface area (Å²) in [5.74, 6) is 0. The van der Waals surface area contributed by atoms with Gasteiger partial charge < -0.3 is 14.2 Å². The monoisotopic (exact) mass is 267 g/mol. The molecule has 0 aromatic rings. The maximum atomic E-state index is 11.1. The van der Waals surface area contributed by atoms with Crippen LogP contribution in [0.15, 0.2) is 0 Å². The van der Waals surface area contributed by atoms with Gasteiger partial charge in [-0.25, -0.2) is 9.63 Å². The van der Waals surface area contributed by atoms with Gasteiger partial charge in [-0.1, -0.05) is 0 Å². The molecule has 2 N–H and O–H groups in total. The van der Waals surface area contributed by atoms with Crippen molar-refractivity contribution in [2.45, 2.75) is 39.4 Å². The summed E-state index contributed by atoms with van der Waals surface area (Å²) in [7, 11) is 0. The van der Waals surface area contributed by atoms with E-state index < -0.39 is 17.9 Å². The van der Waals surface area contributed by atoms with Gasteiger partial charge in [0, 0.05) is 0 Å². The van der Waals surface area contributed by atoms with Crippen LogP contribution in [0.2, 0.25) is 0 Å². The van der Waals surface area contributed by atoms with Crippen molar-refractivity contribution in [3.63, 3.8) is 0 Å². The summed E-state index contributed by atoms with van der Waals surface area (Å²) in [4.78, 5) is 15.5. The Bertz CT molecular complexity index is 239. The molecule has 8 heteroatoms. The predicted molar refractivity (Wildman–Crippen MR) is 59.0 cm³/mol. The number of hydrogen-bond donors (Lipinski definition) is 2. The standard InChI is InChI=1S/C10H21NO7/c1-8(18-11(13)14)7-15-5-6-16-9(12)17-10(2,3)4/h8,13-14H,5-7H2,1-4H3/t8-/m0/s1. The van der Waals surface area contributed by atoms with Crippen molar-refractivity contribution in [1.82, 2.24) is 5.39 Å². The van der Waals surface area contributed by atoms with Gasteiger partial charge in [0.25, 0.3) is 0 Å². The van der Waals surface area contributed by atoms with E-state index in [1.807, 2.05) is 0 Å². The molecule has 0 amide bonds. The van der Waals surface area contributed by atoms with Crippen LogP contribution in [0.4, 0.5) is 4.79 Å². The minimum Gasteiger partial charge on any atom is -0.432 e. The molecule has 0 saturated heterocycles. The molecule has 0 aliphatic carbocycles. The maximum Gasteiger partial charge on any atom is 0.508 e. The van der Waals surface area contributed by atoms with Gasteiger partial charge in [0.15, 0.2) is 0 Å². The van der Waals surface area contributed by atoms with Gasteiger partial charge in [0.1, 0.15) is 18.3 Å². The Morgan fingerprint density at radius 2 is 1.89 bits per heavy atom. The second kappa shape index (κ2) is 8.22. The number of carbonyl (C=O) groups is 1. The van der Waals surface area contributed by atoms with Crippen LogP contribution in [0.1, 0.15) is 27.7 Å². The first kappa shape index (κ1) is 17.1. The van der Waals surface area contributed by atoms with Gasteiger partial charge >= 0.3 is 6.16 Å². The fourth-order valence-corrected chi connectivity index (χ4v) is 0.904. The Hall–Kier alpha value is -0.930. The van der Waals surface area contributed by atoms with E-state index in [4.69, 9.17) is 24.6 Å². The van der Waals surface area contributed by atoms with Crippen molar-refractivity contribution in [3.8, 4) is 0 Å². The summed E-state index contributed by atoms with van der Waals surface area (Å²) in [6.07, 6.45) is -1.30. The molecule has 0 aromatic carbocycles. The lowest BCUT2D eigenvalue weighted by molar-refractivity contribution is -0.504. The Morgan fingerprint density at radius 3 is 2.39 bits per heavy atom. The van der Waals surface area contributed by atoms with Crippen LogP contribution >= 0.6 is 0 Å². The molecule has 0 saturated carbocycles. The third-order valence-electron chi connectivity index (χ3n) is 1.46. The van der Waals surface area contributed by atoms with Gasteiger partial charge in [-0.05, 0) is 27.7 Å². The van der Waals surface area contributed by atoms with Crippen LogP contribution in [0, 0.1) is 0 Å². The van der Waals surface area contributed by atoms with Crippen molar-refractivity contribution >= 4 is 6.16 Å². The van der Waals surface area contributed by atoms with Crippen LogP contribution < -0.4 is 0 Å². The molecule has 8 nitrogen and oxygen atoms in total. The van der Waals surface area contributed by atoms with Crippen molar-refractivity contribution in [3.05, 3.63) is 0 Å². The molecule has 0 spiro atoms. The van der Waals surface area contributed by atoms with Gasteiger partial charge in [-0.15, -0.1) is 0 Å². The zero-order valence-corrected chi connectivity index (χ0v) is 11.1. The molecule has 18 heavy (non-hydrogen) atoms. The summed E-state index contributed by atoms with van der Waals surface area (Å²) in [6, 6.07) is 0. The van der Waals surface area contributed by atoms with E-state index in [-0.39, 0.29) is 25.2 Å². The molecule has 0 aliphatic heterocycles. The van der Waals surface area contributed by atoms with Gasteiger partial charge in [-0.3, -0.25) is 10.4 Å². The summed E-state index contributed by atoms with van der Waals surface area (Å²) in [5, 5.41) is 16.3. The minimum absolute atomic E-state index is 0.0452. The molecule has 0 unspecified atom stereocenters. The molecule has 0 aliphatic rings. The van der Waals surface area contributed by atoms with Crippen molar-refractivity contribution in [1.29, 1.82) is 0 Å². The summed E-state index contributed by atoms with van der Waals surface area (Å²) >= 11 is 0. The smallest absolute Gasteiger partial charge is 0.432 e. The highest BCUT2D eigenvalue weighted by molar-refractivity contribution is 5.60. The van der Waals surface area contributed by atoms with E-state index in [2.05, 4.69) is 4.84 Å². The largest absolute Gasteiger partial charge is 0.508 e. The van der Waals surface area contributed by atoms with Crippen LogP contribution in [0.3, 0.4) is 0 Å². The lowest BCUT2D eigenvalue weighted by Gasteiger charge is -2.19. The summed E-state index contributed by atoms with van der Waals surface area (Å²) < 4.78 is 14.7. The molecule has 0 rings (SSSR count). The van der Waals surface area contributed by atoms with Crippen molar-refractivity contribution in [2.75, 3.05) is 19.8 Å². The zero-order valence-electron chi connectivity index (χ0n) is 11.1. The van der Waals surface area contributed by atoms with Gasteiger partial charge in [-0.2, -0.15) is 0 Å². The van der Waals surface area contributed by atoms with E-state index in [1.165, 1.54) is 0 Å². The minimum atomic E-state index is -0.757. The van der Waals surface area contributed by atoms with Crippen molar-refractivity contribution in [2.24, 2.45) is 0 Å².